The van der Waals surface area contributed by atoms with Gasteiger partial charge in [-0.1, -0.05) is 23.5 Å². The van der Waals surface area contributed by atoms with E-state index < -0.39 is 0 Å². The van der Waals surface area contributed by atoms with Crippen LogP contribution in [0.5, 0.6) is 0 Å². The number of rotatable bonds is 4. The molecule has 0 unspecified atom stereocenters. The fourth-order valence-corrected chi connectivity index (χ4v) is 2.95. The number of nitrogens with one attached hydrogen (secondary N) is 1. The third-order valence-electron chi connectivity index (χ3n) is 2.77. The summed E-state index contributed by atoms with van der Waals surface area (Å²) < 4.78 is 0.979. The van der Waals surface area contributed by atoms with Crippen LogP contribution in [0.3, 0.4) is 0 Å². The van der Waals surface area contributed by atoms with E-state index in [1.807, 2.05) is 43.1 Å². The maximum absolute atomic E-state index is 12.3. The Kier molecular flexibility index (Phi) is 4.81. The van der Waals surface area contributed by atoms with Crippen molar-refractivity contribution in [2.75, 3.05) is 29.5 Å². The number of carbonyl (C=O) groups is 1. The molecule has 0 aliphatic carbocycles. The minimum atomic E-state index is -0.222. The number of carbonyl (C=O) groups excluding carboxylic acids is 1. The van der Waals surface area contributed by atoms with E-state index in [-0.39, 0.29) is 11.7 Å². The highest BCUT2D eigenvalue weighted by molar-refractivity contribution is 14.1. The maximum Gasteiger partial charge on any atom is 0.269 e. The molecule has 20 heavy (non-hydrogen) atoms. The number of nitrogens with two attached hydrogens (primary N) is 1. The lowest BCUT2D eigenvalue weighted by atomic mass is 10.3. The van der Waals surface area contributed by atoms with Crippen LogP contribution in [-0.4, -0.2) is 24.5 Å². The third kappa shape index (κ3) is 3.21. The normalized spacial score (nSPS) is 10.3. The van der Waals surface area contributed by atoms with Gasteiger partial charge in [0.05, 0.1) is 5.69 Å². The largest absolute Gasteiger partial charge is 0.382 e. The van der Waals surface area contributed by atoms with Gasteiger partial charge in [0.2, 0.25) is 0 Å². The number of thiazole rings is 1. The Morgan fingerprint density at radius 1 is 1.50 bits per heavy atom. The van der Waals surface area contributed by atoms with Gasteiger partial charge in [0.1, 0.15) is 10.7 Å². The van der Waals surface area contributed by atoms with E-state index in [4.69, 9.17) is 5.73 Å². The van der Waals surface area contributed by atoms with E-state index >= 15 is 0 Å². The van der Waals surface area contributed by atoms with E-state index in [9.17, 15) is 4.79 Å². The molecule has 0 aliphatic rings. The molecular formula is C13H15IN4OS. The number of hydrogen-bond donors (Lipinski definition) is 2. The first-order valence-corrected chi connectivity index (χ1v) is 7.95. The Labute approximate surface area is 135 Å². The van der Waals surface area contributed by atoms with Crippen LogP contribution in [0.2, 0.25) is 0 Å². The maximum atomic E-state index is 12.3. The molecule has 0 radical (unpaired) electrons. The van der Waals surface area contributed by atoms with Crippen molar-refractivity contribution in [2.24, 2.45) is 0 Å². The highest BCUT2D eigenvalue weighted by atomic mass is 127. The molecule has 0 spiro atoms. The zero-order valence-corrected chi connectivity index (χ0v) is 14.2. The molecule has 0 saturated heterocycles. The molecule has 0 bridgehead atoms. The molecule has 1 heterocycles. The topological polar surface area (TPSA) is 71.2 Å². The van der Waals surface area contributed by atoms with Crippen molar-refractivity contribution >= 4 is 56.5 Å². The van der Waals surface area contributed by atoms with E-state index in [0.717, 1.165) is 20.9 Å². The highest BCUT2D eigenvalue weighted by Crippen LogP contribution is 2.28. The summed E-state index contributed by atoms with van der Waals surface area (Å²) in [5, 5.41) is 3.61. The Bertz CT molecular complexity index is 629. The molecule has 0 aliphatic heterocycles. The van der Waals surface area contributed by atoms with E-state index in [1.165, 1.54) is 11.3 Å². The number of aromatic nitrogens is 1. The molecule has 0 atom stereocenters. The second-order valence-corrected chi connectivity index (χ2v) is 6.30. The highest BCUT2D eigenvalue weighted by Gasteiger charge is 2.18. The summed E-state index contributed by atoms with van der Waals surface area (Å²) in [7, 11) is 1.92. The molecule has 106 valence electrons. The molecule has 0 fully saturated rings. The molecule has 2 aromatic rings. The van der Waals surface area contributed by atoms with Gasteiger partial charge in [-0.05, 0) is 41.6 Å². The predicted octanol–water partition coefficient (Wildman–Crippen LogP) is 3.04. The first kappa shape index (κ1) is 15.0. The molecule has 0 saturated carbocycles. The zero-order valence-electron chi connectivity index (χ0n) is 11.2. The SMILES string of the molecule is CCN(C)c1nc(N)c(C(=O)Nc2ccccc2I)s1. The van der Waals surface area contributed by atoms with Gasteiger partial charge in [-0.15, -0.1) is 0 Å². The molecule has 2 rings (SSSR count). The molecule has 1 amide bonds. The fraction of sp³-hybridized carbons (Fsp3) is 0.231. The summed E-state index contributed by atoms with van der Waals surface area (Å²) in [6.45, 7) is 2.83. The predicted molar refractivity (Wildman–Crippen MR) is 92.6 cm³/mol. The average molecular weight is 402 g/mol. The lowest BCUT2D eigenvalue weighted by molar-refractivity contribution is 0.103. The lowest BCUT2D eigenvalue weighted by Crippen LogP contribution is -2.15. The summed E-state index contributed by atoms with van der Waals surface area (Å²) in [4.78, 5) is 18.9. The number of anilines is 3. The minimum Gasteiger partial charge on any atom is -0.382 e. The van der Waals surface area contributed by atoms with Crippen molar-refractivity contribution < 1.29 is 4.79 Å². The second kappa shape index (κ2) is 6.40. The average Bonchev–Trinajstić information content (AvgIpc) is 2.82. The van der Waals surface area contributed by atoms with Crippen LogP contribution >= 0.6 is 33.9 Å². The standard InChI is InChI=1S/C13H15IN4OS/c1-3-18(2)13-17-11(15)10(20-13)12(19)16-9-7-5-4-6-8(9)14/h4-7H,3,15H2,1-2H3,(H,16,19). The van der Waals surface area contributed by atoms with Crippen molar-refractivity contribution in [1.82, 2.24) is 4.98 Å². The van der Waals surface area contributed by atoms with Crippen molar-refractivity contribution in [3.8, 4) is 0 Å². The van der Waals surface area contributed by atoms with Gasteiger partial charge in [-0.3, -0.25) is 4.79 Å². The van der Waals surface area contributed by atoms with Gasteiger partial charge in [0.25, 0.3) is 5.91 Å². The minimum absolute atomic E-state index is 0.222. The number of benzene rings is 1. The van der Waals surface area contributed by atoms with Crippen molar-refractivity contribution in [2.45, 2.75) is 6.92 Å². The summed E-state index contributed by atoms with van der Waals surface area (Å²) in [6.07, 6.45) is 0. The summed E-state index contributed by atoms with van der Waals surface area (Å²) in [5.41, 5.74) is 6.61. The van der Waals surface area contributed by atoms with Crippen LogP contribution in [0.4, 0.5) is 16.6 Å². The number of nitrogens with zero attached hydrogens (tertiary/aromatic N) is 2. The van der Waals surface area contributed by atoms with Crippen molar-refractivity contribution in [1.29, 1.82) is 0 Å². The Balaban J connectivity index is 2.22. The van der Waals surface area contributed by atoms with Crippen LogP contribution in [-0.2, 0) is 0 Å². The Morgan fingerprint density at radius 2 is 2.20 bits per heavy atom. The fourth-order valence-electron chi connectivity index (χ4n) is 1.52. The van der Waals surface area contributed by atoms with E-state index in [0.29, 0.717) is 4.88 Å². The third-order valence-corrected chi connectivity index (χ3v) is 4.90. The van der Waals surface area contributed by atoms with Crippen molar-refractivity contribution in [3.63, 3.8) is 0 Å². The number of hydrogen-bond acceptors (Lipinski definition) is 5. The van der Waals surface area contributed by atoms with Gasteiger partial charge in [0, 0.05) is 17.2 Å². The molecule has 5 nitrogen and oxygen atoms in total. The van der Waals surface area contributed by atoms with Gasteiger partial charge in [-0.25, -0.2) is 4.98 Å². The smallest absolute Gasteiger partial charge is 0.269 e. The van der Waals surface area contributed by atoms with Gasteiger partial charge >= 0.3 is 0 Å². The Hall–Kier alpha value is -1.35. The zero-order chi connectivity index (χ0) is 14.7. The monoisotopic (exact) mass is 402 g/mol. The summed E-state index contributed by atoms with van der Waals surface area (Å²) in [5.74, 6) is 0.0496. The second-order valence-electron chi connectivity index (χ2n) is 4.16. The van der Waals surface area contributed by atoms with Crippen LogP contribution in [0.15, 0.2) is 24.3 Å². The number of para-hydroxylation sites is 1. The number of nitrogen functional groups attached to an aromatic ring is 1. The van der Waals surface area contributed by atoms with Crippen LogP contribution in [0, 0.1) is 3.57 Å². The van der Waals surface area contributed by atoms with Crippen molar-refractivity contribution in [3.05, 3.63) is 32.7 Å². The quantitative estimate of drug-likeness (QED) is 0.772. The number of amides is 1. The molecule has 7 heteroatoms. The van der Waals surface area contributed by atoms with Crippen LogP contribution < -0.4 is 16.0 Å². The van der Waals surface area contributed by atoms with Gasteiger partial charge in [0.15, 0.2) is 5.13 Å². The summed E-state index contributed by atoms with van der Waals surface area (Å²) in [6, 6.07) is 7.59. The Morgan fingerprint density at radius 3 is 2.85 bits per heavy atom. The summed E-state index contributed by atoms with van der Waals surface area (Å²) >= 11 is 3.48. The lowest BCUT2D eigenvalue weighted by Gasteiger charge is -2.10. The molecule has 3 N–H and O–H groups in total. The van der Waals surface area contributed by atoms with E-state index in [2.05, 4.69) is 32.9 Å². The van der Waals surface area contributed by atoms with Gasteiger partial charge in [-0.2, -0.15) is 0 Å². The molecular weight excluding hydrogens is 387 g/mol. The first-order valence-electron chi connectivity index (χ1n) is 6.06. The van der Waals surface area contributed by atoms with Crippen LogP contribution in [0.25, 0.3) is 0 Å². The molecule has 1 aromatic heterocycles. The van der Waals surface area contributed by atoms with E-state index in [1.54, 1.807) is 0 Å². The molecule has 1 aromatic carbocycles. The van der Waals surface area contributed by atoms with Crippen LogP contribution in [0.1, 0.15) is 16.6 Å². The van der Waals surface area contributed by atoms with Gasteiger partial charge < -0.3 is 16.0 Å². The first-order chi connectivity index (χ1) is 9.52. The number of halogens is 1.